The third kappa shape index (κ3) is 7.08. The van der Waals surface area contributed by atoms with Crippen LogP contribution in [0.3, 0.4) is 0 Å². The molecule has 0 aromatic carbocycles. The van der Waals surface area contributed by atoms with E-state index in [9.17, 15) is 56.2 Å². The zero-order valence-electron chi connectivity index (χ0n) is 39.5. The first kappa shape index (κ1) is 50.0. The van der Waals surface area contributed by atoms with E-state index < -0.39 is 129 Å². The Kier molecular flexibility index (Phi) is 12.9. The molecule has 5 aliphatic carbocycles. The largest absolute Gasteiger partial charge is 0.396 e. The van der Waals surface area contributed by atoms with Crippen LogP contribution < -0.4 is 0 Å². The van der Waals surface area contributed by atoms with Crippen molar-refractivity contribution in [3.63, 3.8) is 0 Å². The first-order chi connectivity index (χ1) is 30.9. The summed E-state index contributed by atoms with van der Waals surface area (Å²) in [5.41, 5.74) is -2.48. The SMILES string of the molecule is C[C@H]1O[C@H](O[C@@H]2[C@@H](O)[C@H](O[C@@H]3CC[C@@]4(C)[C@@H](CC[C@]5(C)[C@@H]4C=C[C@]46OC[C@@]7(CCC(C)(C)C[C@H]74)[C@H](O)C[C@]65C)[C@]3(C)CO)O[C@H](CO[C@@H]3O[C@H](CO)[C@@H](O)[C@H](O)[C@H]3O)[C@H]2O)[C@H](O)[C@@H](O)[C@@H]1O. The Labute approximate surface area is 387 Å². The van der Waals surface area contributed by atoms with Crippen molar-refractivity contribution in [2.24, 2.45) is 50.2 Å². The summed E-state index contributed by atoms with van der Waals surface area (Å²) >= 11 is 0. The van der Waals surface area contributed by atoms with Gasteiger partial charge < -0.3 is 89.3 Å². The maximum atomic E-state index is 12.2. The zero-order chi connectivity index (χ0) is 47.9. The van der Waals surface area contributed by atoms with Crippen LogP contribution in [0.25, 0.3) is 0 Å². The molecule has 9 aliphatic rings. The molecule has 4 saturated carbocycles. The Morgan fingerprint density at radius 3 is 2.00 bits per heavy atom. The van der Waals surface area contributed by atoms with Gasteiger partial charge in [-0.25, -0.2) is 0 Å². The minimum atomic E-state index is -1.78. The van der Waals surface area contributed by atoms with Crippen molar-refractivity contribution in [3.8, 4) is 0 Å². The number of hydrogen-bond acceptors (Lipinski definition) is 18. The number of aliphatic hydroxyl groups excluding tert-OH is 11. The molecule has 0 aromatic heterocycles. The average molecular weight is 943 g/mol. The molecular formula is C48H78O18. The molecule has 66 heavy (non-hydrogen) atoms. The van der Waals surface area contributed by atoms with Gasteiger partial charge in [0.05, 0.1) is 50.3 Å². The van der Waals surface area contributed by atoms with Crippen LogP contribution in [-0.2, 0) is 33.2 Å². The molecule has 0 amide bonds. The van der Waals surface area contributed by atoms with Gasteiger partial charge in [-0.15, -0.1) is 0 Å². The van der Waals surface area contributed by atoms with Gasteiger partial charge in [-0.2, -0.15) is 0 Å². The molecule has 18 nitrogen and oxygen atoms in total. The Morgan fingerprint density at radius 1 is 0.636 bits per heavy atom. The molecule has 4 aliphatic heterocycles. The van der Waals surface area contributed by atoms with E-state index in [0.29, 0.717) is 25.9 Å². The molecular weight excluding hydrogens is 865 g/mol. The van der Waals surface area contributed by atoms with Gasteiger partial charge in [0.1, 0.15) is 67.1 Å². The maximum absolute atomic E-state index is 12.2. The highest BCUT2D eigenvalue weighted by Gasteiger charge is 2.79. The fourth-order valence-electron chi connectivity index (χ4n) is 15.7. The fourth-order valence-corrected chi connectivity index (χ4v) is 15.7. The minimum absolute atomic E-state index is 0.0679. The summed E-state index contributed by atoms with van der Waals surface area (Å²) in [4.78, 5) is 0. The first-order valence-corrected chi connectivity index (χ1v) is 24.5. The third-order valence-corrected chi connectivity index (χ3v) is 20.0. The van der Waals surface area contributed by atoms with E-state index in [0.717, 1.165) is 32.1 Å². The van der Waals surface area contributed by atoms with Crippen LogP contribution in [-0.4, -0.2) is 193 Å². The number of fused-ring (bicyclic) bond motifs is 4. The van der Waals surface area contributed by atoms with Gasteiger partial charge >= 0.3 is 0 Å². The van der Waals surface area contributed by atoms with E-state index in [2.05, 4.69) is 46.8 Å². The molecule has 11 N–H and O–H groups in total. The molecule has 4 saturated heterocycles. The normalized spacial score (nSPS) is 58.8. The molecule has 2 bridgehead atoms. The number of hydrogen-bond donors (Lipinski definition) is 11. The zero-order valence-corrected chi connectivity index (χ0v) is 39.5. The topological polar surface area (TPSA) is 287 Å². The Bertz CT molecular complexity index is 1800. The lowest BCUT2D eigenvalue weighted by Gasteiger charge is -2.73. The molecule has 1 spiro atoms. The van der Waals surface area contributed by atoms with Crippen molar-refractivity contribution in [1.29, 1.82) is 0 Å². The van der Waals surface area contributed by atoms with E-state index in [1.165, 1.54) is 6.92 Å². The van der Waals surface area contributed by atoms with Gasteiger partial charge in [-0.05, 0) is 86.4 Å². The van der Waals surface area contributed by atoms with Gasteiger partial charge in [0.15, 0.2) is 18.9 Å². The van der Waals surface area contributed by atoms with Crippen molar-refractivity contribution >= 4 is 0 Å². The Balaban J connectivity index is 0.985. The van der Waals surface area contributed by atoms with E-state index in [-0.39, 0.29) is 51.4 Å². The van der Waals surface area contributed by atoms with Crippen LogP contribution in [0.5, 0.6) is 0 Å². The van der Waals surface area contributed by atoms with Gasteiger partial charge in [0.25, 0.3) is 0 Å². The molecule has 378 valence electrons. The highest BCUT2D eigenvalue weighted by molar-refractivity contribution is 5.36. The van der Waals surface area contributed by atoms with Crippen molar-refractivity contribution in [2.75, 3.05) is 26.4 Å². The lowest BCUT2D eigenvalue weighted by Crippen LogP contribution is -2.72. The summed E-state index contributed by atoms with van der Waals surface area (Å²) in [6.45, 7) is 14.3. The van der Waals surface area contributed by atoms with Gasteiger partial charge in [0.2, 0.25) is 0 Å². The second-order valence-electron chi connectivity index (χ2n) is 23.8. The van der Waals surface area contributed by atoms with Gasteiger partial charge in [-0.1, -0.05) is 53.7 Å². The first-order valence-electron chi connectivity index (χ1n) is 24.5. The van der Waals surface area contributed by atoms with Crippen LogP contribution in [0.2, 0.25) is 0 Å². The van der Waals surface area contributed by atoms with Gasteiger partial charge in [0, 0.05) is 22.2 Å². The summed E-state index contributed by atoms with van der Waals surface area (Å²) in [6, 6.07) is 0. The summed E-state index contributed by atoms with van der Waals surface area (Å²) in [7, 11) is 0. The lowest BCUT2D eigenvalue weighted by atomic mass is 9.32. The van der Waals surface area contributed by atoms with Crippen LogP contribution in [0.15, 0.2) is 12.2 Å². The second-order valence-corrected chi connectivity index (χ2v) is 23.8. The quantitative estimate of drug-likeness (QED) is 0.104. The molecule has 9 rings (SSSR count). The molecule has 4 heterocycles. The Hall–Kier alpha value is -0.980. The molecule has 0 radical (unpaired) electrons. The molecule has 0 unspecified atom stereocenters. The van der Waals surface area contributed by atoms with Crippen LogP contribution >= 0.6 is 0 Å². The van der Waals surface area contributed by atoms with E-state index in [1.54, 1.807) is 0 Å². The van der Waals surface area contributed by atoms with Crippen molar-refractivity contribution in [2.45, 2.75) is 210 Å². The summed E-state index contributed by atoms with van der Waals surface area (Å²) in [6.07, 6.45) is -13.6. The van der Waals surface area contributed by atoms with Crippen molar-refractivity contribution < 1.29 is 89.3 Å². The number of allylic oxidation sites excluding steroid dienone is 1. The maximum Gasteiger partial charge on any atom is 0.187 e. The Morgan fingerprint density at radius 2 is 1.30 bits per heavy atom. The smallest absolute Gasteiger partial charge is 0.187 e. The molecule has 18 heteroatoms. The third-order valence-electron chi connectivity index (χ3n) is 20.0. The predicted octanol–water partition coefficient (Wildman–Crippen LogP) is -0.399. The van der Waals surface area contributed by atoms with E-state index in [4.69, 9.17) is 33.2 Å². The standard InChI is InChI=1S/C48H78O18/c1-22-30(52)33(55)36(58)40(62-22)66-38-32(54)24(19-60-39-35(57)34(56)31(53)23(18-49)63-39)64-41(37(38)59)65-29-10-11-43(4)25(44(29,5)20-50)8-12-45(6)26(43)9-13-48-27-16-42(2,3)14-15-47(27,21-61-48)28(51)17-46(45,48)7/h9,13,22-41,49-59H,8,10-12,14-21H2,1-7H3/t22-,23-,24-,25-,26-,27-,28-,29-,30-,31-,32-,33+,34+,35-,36-,37-,38+,39-,40-,41+,43+,44+,45-,46+,47-,48+/m1/s1. The fraction of sp³-hybridized carbons (Fsp3) is 0.958. The van der Waals surface area contributed by atoms with Crippen LogP contribution in [0.1, 0.15) is 99.8 Å². The van der Waals surface area contributed by atoms with Crippen LogP contribution in [0, 0.1) is 50.2 Å². The van der Waals surface area contributed by atoms with E-state index in [1.807, 2.05) is 6.92 Å². The second kappa shape index (κ2) is 17.1. The van der Waals surface area contributed by atoms with Crippen molar-refractivity contribution in [1.82, 2.24) is 0 Å². The van der Waals surface area contributed by atoms with Crippen LogP contribution in [0.4, 0.5) is 0 Å². The van der Waals surface area contributed by atoms with Gasteiger partial charge in [-0.3, -0.25) is 0 Å². The lowest BCUT2D eigenvalue weighted by molar-refractivity contribution is -0.374. The summed E-state index contributed by atoms with van der Waals surface area (Å²) in [5.74, 6) is 0.184. The minimum Gasteiger partial charge on any atom is -0.396 e. The van der Waals surface area contributed by atoms with E-state index >= 15 is 0 Å². The number of ether oxygens (including phenoxy) is 7. The summed E-state index contributed by atoms with van der Waals surface area (Å²) < 4.78 is 43.2. The monoisotopic (exact) mass is 943 g/mol. The highest BCUT2D eigenvalue weighted by atomic mass is 16.7. The molecule has 0 aromatic rings. The predicted molar refractivity (Wildman–Crippen MR) is 229 cm³/mol. The highest BCUT2D eigenvalue weighted by Crippen LogP contribution is 2.79. The number of aliphatic hydroxyl groups is 11. The number of rotatable bonds is 9. The average Bonchev–Trinajstić information content (AvgIpc) is 3.55. The molecule has 26 atom stereocenters. The molecule has 8 fully saturated rings. The summed E-state index contributed by atoms with van der Waals surface area (Å²) in [5, 5.41) is 120. The van der Waals surface area contributed by atoms with Crippen molar-refractivity contribution in [3.05, 3.63) is 12.2 Å².